The Labute approximate surface area is 329 Å². The van der Waals surface area contributed by atoms with Gasteiger partial charge in [0.1, 0.15) is 17.7 Å². The highest BCUT2D eigenvalue weighted by atomic mass is 16.5. The molecule has 3 N–H and O–H groups in total. The zero-order valence-electron chi connectivity index (χ0n) is 33.5. The van der Waals surface area contributed by atoms with Gasteiger partial charge in [-0.2, -0.15) is 0 Å². The van der Waals surface area contributed by atoms with Gasteiger partial charge in [-0.05, 0) is 79.3 Å². The maximum atomic E-state index is 14.0. The highest BCUT2D eigenvalue weighted by molar-refractivity contribution is 5.87. The first-order valence-electron chi connectivity index (χ1n) is 20.3. The number of rotatable bonds is 7. The van der Waals surface area contributed by atoms with Gasteiger partial charge in [-0.1, -0.05) is 65.0 Å². The average molecular weight is 762 g/mol. The Morgan fingerprint density at radius 3 is 2.43 bits per heavy atom. The van der Waals surface area contributed by atoms with Crippen molar-refractivity contribution in [1.29, 1.82) is 0 Å². The first kappa shape index (κ1) is 39.1. The van der Waals surface area contributed by atoms with E-state index < -0.39 is 12.1 Å². The number of ether oxygens (including phenoxy) is 2. The average Bonchev–Trinajstić information content (AvgIpc) is 4.02. The van der Waals surface area contributed by atoms with Crippen molar-refractivity contribution in [3.05, 3.63) is 70.9 Å². The summed E-state index contributed by atoms with van der Waals surface area (Å²) in [4.78, 5) is 60.1. The molecule has 0 saturated carbocycles. The fourth-order valence-corrected chi connectivity index (χ4v) is 8.16. The Morgan fingerprint density at radius 1 is 0.893 bits per heavy atom. The van der Waals surface area contributed by atoms with Crippen LogP contribution in [0.2, 0.25) is 0 Å². The van der Waals surface area contributed by atoms with E-state index in [2.05, 4.69) is 59.2 Å². The van der Waals surface area contributed by atoms with Crippen molar-refractivity contribution in [2.75, 3.05) is 26.8 Å². The van der Waals surface area contributed by atoms with Crippen LogP contribution in [-0.2, 0) is 25.5 Å². The summed E-state index contributed by atoms with van der Waals surface area (Å²) < 4.78 is 11.1. The number of hydrogen-bond acceptors (Lipinski definition) is 7. The van der Waals surface area contributed by atoms with Crippen molar-refractivity contribution in [1.82, 2.24) is 35.1 Å². The van der Waals surface area contributed by atoms with E-state index >= 15 is 0 Å². The Kier molecular flexibility index (Phi) is 11.8. The van der Waals surface area contributed by atoms with Crippen molar-refractivity contribution >= 4 is 28.9 Å². The molecule has 12 nitrogen and oxygen atoms in total. The first-order valence-corrected chi connectivity index (χ1v) is 20.3. The van der Waals surface area contributed by atoms with Crippen molar-refractivity contribution in [3.8, 4) is 23.1 Å². The standard InChI is InChI=1S/C44H55N7O5/c1-26(2)28(5)42(52)50-19-10-12-36(50)40-45-24-35(47-40)31-17-15-29(16-18-31)13-14-30-21-32-11-8-7-9-20-56-33-23-37(41-46-34(22-30)39(32)48-41)51(25-33)43(53)38(27(3)4)49-44(54)55-6/h15-18,21-22,24,26-28,33,36-38H,7-12,19-20,23,25H2,1-6H3,(H,45,47)(H,46,48)(H,49,54)/t28-,33-,36-,37-,38-/m0/s1. The maximum absolute atomic E-state index is 14.0. The molecule has 2 aromatic carbocycles. The highest BCUT2D eigenvalue weighted by Gasteiger charge is 2.42. The van der Waals surface area contributed by atoms with E-state index in [0.29, 0.717) is 31.3 Å². The Morgan fingerprint density at radius 2 is 1.68 bits per heavy atom. The van der Waals surface area contributed by atoms with Gasteiger partial charge in [0.2, 0.25) is 11.8 Å². The quantitative estimate of drug-likeness (QED) is 0.171. The molecule has 12 heteroatoms. The predicted octanol–water partition coefficient (Wildman–Crippen LogP) is 7.07. The lowest BCUT2D eigenvalue weighted by Crippen LogP contribution is -2.51. The van der Waals surface area contributed by atoms with Gasteiger partial charge in [-0.15, -0.1) is 0 Å². The molecule has 296 valence electrons. The van der Waals surface area contributed by atoms with E-state index in [1.807, 2.05) is 55.0 Å². The number of likely N-dealkylation sites (tertiary alicyclic amines) is 2. The van der Waals surface area contributed by atoms with Crippen molar-refractivity contribution in [2.45, 2.75) is 104 Å². The van der Waals surface area contributed by atoms with Gasteiger partial charge in [0.25, 0.3) is 0 Å². The van der Waals surface area contributed by atoms with E-state index in [4.69, 9.17) is 19.4 Å². The number of aryl methyl sites for hydroxylation is 1. The van der Waals surface area contributed by atoms with Crippen molar-refractivity contribution < 1.29 is 23.9 Å². The molecule has 2 aromatic heterocycles. The van der Waals surface area contributed by atoms with Crippen LogP contribution >= 0.6 is 0 Å². The van der Waals surface area contributed by atoms with Crippen molar-refractivity contribution in [2.24, 2.45) is 17.8 Å². The number of nitrogens with one attached hydrogen (secondary N) is 3. The van der Waals surface area contributed by atoms with Gasteiger partial charge < -0.3 is 34.6 Å². The van der Waals surface area contributed by atoms with Crippen LogP contribution in [0.3, 0.4) is 0 Å². The van der Waals surface area contributed by atoms with E-state index in [9.17, 15) is 14.4 Å². The molecule has 0 radical (unpaired) electrons. The molecule has 3 amide bonds. The van der Waals surface area contributed by atoms with Gasteiger partial charge >= 0.3 is 6.09 Å². The lowest BCUT2D eigenvalue weighted by Gasteiger charge is -2.29. The molecule has 2 saturated heterocycles. The lowest BCUT2D eigenvalue weighted by atomic mass is 9.96. The van der Waals surface area contributed by atoms with Gasteiger partial charge in [-0.3, -0.25) is 9.59 Å². The summed E-state index contributed by atoms with van der Waals surface area (Å²) in [6.07, 6.45) is 7.42. The monoisotopic (exact) mass is 761 g/mol. The molecule has 3 aliphatic rings. The molecule has 5 atom stereocenters. The second-order valence-electron chi connectivity index (χ2n) is 16.3. The van der Waals surface area contributed by atoms with Gasteiger partial charge in [0.15, 0.2) is 0 Å². The highest BCUT2D eigenvalue weighted by Crippen LogP contribution is 2.36. The minimum absolute atomic E-state index is 0.0194. The number of H-pyrrole nitrogens is 2. The van der Waals surface area contributed by atoms with E-state index in [1.54, 1.807) is 0 Å². The summed E-state index contributed by atoms with van der Waals surface area (Å²) >= 11 is 0. The molecule has 56 heavy (non-hydrogen) atoms. The molecule has 3 aliphatic heterocycles. The van der Waals surface area contributed by atoms with Gasteiger partial charge in [-0.25, -0.2) is 14.8 Å². The summed E-state index contributed by atoms with van der Waals surface area (Å²) in [6.45, 7) is 11.9. The summed E-state index contributed by atoms with van der Waals surface area (Å²) in [7, 11) is 1.30. The van der Waals surface area contributed by atoms with Crippen LogP contribution in [0.25, 0.3) is 22.3 Å². The number of aromatic nitrogens is 4. The van der Waals surface area contributed by atoms with Crippen LogP contribution in [0.1, 0.15) is 114 Å². The molecular weight excluding hydrogens is 707 g/mol. The smallest absolute Gasteiger partial charge is 0.407 e. The normalized spacial score (nSPS) is 21.0. The third-order valence-corrected chi connectivity index (χ3v) is 11.8. The van der Waals surface area contributed by atoms with Crippen LogP contribution in [0.5, 0.6) is 0 Å². The molecule has 5 heterocycles. The number of carbonyl (C=O) groups is 3. The summed E-state index contributed by atoms with van der Waals surface area (Å²) in [5, 5.41) is 2.74. The van der Waals surface area contributed by atoms with Crippen LogP contribution < -0.4 is 5.32 Å². The largest absolute Gasteiger partial charge is 0.453 e. The maximum Gasteiger partial charge on any atom is 0.407 e. The van der Waals surface area contributed by atoms with Crippen LogP contribution in [-0.4, -0.2) is 86.6 Å². The molecule has 0 unspecified atom stereocenters. The number of aromatic amines is 2. The van der Waals surface area contributed by atoms with E-state index in [0.717, 1.165) is 89.9 Å². The lowest BCUT2D eigenvalue weighted by molar-refractivity contribution is -0.137. The minimum atomic E-state index is -0.742. The Bertz CT molecular complexity index is 2110. The number of hydrogen-bond donors (Lipinski definition) is 3. The predicted molar refractivity (Wildman–Crippen MR) is 214 cm³/mol. The number of amides is 3. The zero-order chi connectivity index (χ0) is 39.5. The number of carbonyl (C=O) groups excluding carboxylic acids is 3. The van der Waals surface area contributed by atoms with Crippen molar-refractivity contribution in [3.63, 3.8) is 0 Å². The number of alkyl carbamates (subject to hydrolysis) is 1. The van der Waals surface area contributed by atoms with Crippen LogP contribution in [0.4, 0.5) is 4.79 Å². The van der Waals surface area contributed by atoms with Gasteiger partial charge in [0, 0.05) is 43.2 Å². The van der Waals surface area contributed by atoms with E-state index in [1.165, 1.54) is 7.11 Å². The molecule has 7 rings (SSSR count). The fraction of sp³-hybridized carbons (Fsp3) is 0.523. The number of fused-ring (bicyclic) bond motifs is 4. The Balaban J connectivity index is 1.11. The molecule has 4 aromatic rings. The Hall–Kier alpha value is -5.15. The van der Waals surface area contributed by atoms with Crippen LogP contribution in [0.15, 0.2) is 42.6 Å². The minimum Gasteiger partial charge on any atom is -0.453 e. The third kappa shape index (κ3) is 8.33. The molecule has 2 fully saturated rings. The fourth-order valence-electron chi connectivity index (χ4n) is 8.16. The zero-order valence-corrected chi connectivity index (χ0v) is 33.5. The topological polar surface area (TPSA) is 146 Å². The SMILES string of the molecule is COC(=O)N[C@H](C(=O)N1C[C@@H]2C[C@H]1c1nc3c(cc(C#Cc4ccc(-c5cnc([C@@H]6CCCN6C(=O)[C@@H](C)C(C)C)[nH]5)cc4)cc3[nH]1)CCCCCO2)C(C)C. The summed E-state index contributed by atoms with van der Waals surface area (Å²) in [5.41, 5.74) is 6.62. The first-order chi connectivity index (χ1) is 27.0. The second-order valence-corrected chi connectivity index (χ2v) is 16.3. The number of methoxy groups -OCH3 is 1. The second kappa shape index (κ2) is 16.9. The molecule has 4 bridgehead atoms. The number of nitrogens with zero attached hydrogens (tertiary/aromatic N) is 4. The summed E-state index contributed by atoms with van der Waals surface area (Å²) in [5.74, 6) is 8.47. The molecule has 0 spiro atoms. The summed E-state index contributed by atoms with van der Waals surface area (Å²) in [6, 6.07) is 11.2. The third-order valence-electron chi connectivity index (χ3n) is 11.8. The molecule has 0 aliphatic carbocycles. The van der Waals surface area contributed by atoms with Gasteiger partial charge in [0.05, 0.1) is 48.2 Å². The number of benzene rings is 2. The van der Waals surface area contributed by atoms with Crippen LogP contribution in [0, 0.1) is 29.6 Å². The van der Waals surface area contributed by atoms with E-state index in [-0.39, 0.29) is 41.8 Å². The molecular formula is C44H55N7O5. The number of imidazole rings is 2.